The highest BCUT2D eigenvalue weighted by Gasteiger charge is 2.26. The number of hydrogen-bond acceptors (Lipinski definition) is 3. The van der Waals surface area contributed by atoms with Crippen molar-refractivity contribution >= 4 is 17.6 Å². The highest BCUT2D eigenvalue weighted by atomic mass is 16.5. The smallest absolute Gasteiger partial charge is 0.307 e. The van der Waals surface area contributed by atoms with E-state index in [0.29, 0.717) is 30.7 Å². The van der Waals surface area contributed by atoms with Gasteiger partial charge in [-0.3, -0.25) is 9.59 Å². The molecule has 1 saturated heterocycles. The number of carboxylic acid groups (broad SMARTS) is 1. The zero-order valence-corrected chi connectivity index (χ0v) is 11.5. The Hall–Kier alpha value is -1.88. The van der Waals surface area contributed by atoms with E-state index in [4.69, 9.17) is 9.84 Å². The maximum atomic E-state index is 12.2. The molecule has 0 spiro atoms. The van der Waals surface area contributed by atoms with Crippen LogP contribution in [0.25, 0.3) is 0 Å². The van der Waals surface area contributed by atoms with Gasteiger partial charge in [-0.25, -0.2) is 0 Å². The molecule has 0 radical (unpaired) electrons. The Balaban J connectivity index is 2.05. The third kappa shape index (κ3) is 3.81. The van der Waals surface area contributed by atoms with E-state index in [9.17, 15) is 9.59 Å². The summed E-state index contributed by atoms with van der Waals surface area (Å²) in [6.07, 6.45) is 1.40. The maximum absolute atomic E-state index is 12.2. The van der Waals surface area contributed by atoms with E-state index < -0.39 is 5.97 Å². The summed E-state index contributed by atoms with van der Waals surface area (Å²) in [5.41, 5.74) is 1.20. The van der Waals surface area contributed by atoms with Crippen molar-refractivity contribution in [1.82, 2.24) is 0 Å². The number of benzene rings is 1. The molecular formula is C15H19NO4. The summed E-state index contributed by atoms with van der Waals surface area (Å²) < 4.78 is 5.43. The van der Waals surface area contributed by atoms with Crippen molar-refractivity contribution in [3.05, 3.63) is 29.8 Å². The maximum Gasteiger partial charge on any atom is 0.307 e. The number of nitrogens with one attached hydrogen (secondary N) is 1. The third-order valence-electron chi connectivity index (χ3n) is 3.47. The first-order valence-electron chi connectivity index (χ1n) is 6.78. The van der Waals surface area contributed by atoms with Gasteiger partial charge in [-0.1, -0.05) is 18.2 Å². The second-order valence-electron chi connectivity index (χ2n) is 5.12. The van der Waals surface area contributed by atoms with Crippen LogP contribution in [-0.2, 0) is 20.7 Å². The number of rotatable bonds is 4. The first kappa shape index (κ1) is 14.5. The van der Waals surface area contributed by atoms with Crippen LogP contribution >= 0.6 is 0 Å². The van der Waals surface area contributed by atoms with E-state index in [1.165, 1.54) is 0 Å². The van der Waals surface area contributed by atoms with Gasteiger partial charge < -0.3 is 15.2 Å². The topological polar surface area (TPSA) is 75.6 Å². The summed E-state index contributed by atoms with van der Waals surface area (Å²) >= 11 is 0. The van der Waals surface area contributed by atoms with Crippen molar-refractivity contribution < 1.29 is 19.4 Å². The molecule has 2 unspecified atom stereocenters. The van der Waals surface area contributed by atoms with Gasteiger partial charge in [0.2, 0.25) is 5.91 Å². The minimum Gasteiger partial charge on any atom is -0.481 e. The molecule has 2 atom stereocenters. The lowest BCUT2D eigenvalue weighted by Gasteiger charge is -2.26. The van der Waals surface area contributed by atoms with Crippen LogP contribution in [0.2, 0.25) is 0 Å². The summed E-state index contributed by atoms with van der Waals surface area (Å²) in [5, 5.41) is 11.7. The molecule has 1 aromatic carbocycles. The molecular weight excluding hydrogens is 258 g/mol. The lowest BCUT2D eigenvalue weighted by atomic mass is 9.95. The minimum absolute atomic E-state index is 0.0574. The van der Waals surface area contributed by atoms with Crippen LogP contribution in [0.3, 0.4) is 0 Å². The standard InChI is InChI=1S/C15H19NO4/c1-10-8-12(6-7-20-10)15(19)16-13-5-3-2-4-11(13)9-14(17)18/h2-5,10,12H,6-9H2,1H3,(H,16,19)(H,17,18). The average Bonchev–Trinajstić information content (AvgIpc) is 2.40. The number of carboxylic acids is 1. The predicted octanol–water partition coefficient (Wildman–Crippen LogP) is 2.07. The summed E-state index contributed by atoms with van der Waals surface area (Å²) in [4.78, 5) is 23.1. The highest BCUT2D eigenvalue weighted by Crippen LogP contribution is 2.23. The van der Waals surface area contributed by atoms with E-state index >= 15 is 0 Å². The van der Waals surface area contributed by atoms with E-state index in [1.54, 1.807) is 24.3 Å². The molecule has 0 aliphatic carbocycles. The van der Waals surface area contributed by atoms with E-state index in [1.807, 2.05) is 6.92 Å². The summed E-state index contributed by atoms with van der Waals surface area (Å²) in [5.74, 6) is -1.04. The zero-order chi connectivity index (χ0) is 14.5. The number of amides is 1. The number of ether oxygens (including phenoxy) is 1. The fourth-order valence-electron chi connectivity index (χ4n) is 2.43. The van der Waals surface area contributed by atoms with Crippen LogP contribution in [-0.4, -0.2) is 29.7 Å². The third-order valence-corrected chi connectivity index (χ3v) is 3.47. The first-order valence-corrected chi connectivity index (χ1v) is 6.78. The monoisotopic (exact) mass is 277 g/mol. The Morgan fingerprint density at radius 3 is 2.85 bits per heavy atom. The van der Waals surface area contributed by atoms with Crippen LogP contribution in [0.1, 0.15) is 25.3 Å². The number of anilines is 1. The largest absolute Gasteiger partial charge is 0.481 e. The Kier molecular flexibility index (Phi) is 4.74. The quantitative estimate of drug-likeness (QED) is 0.883. The molecule has 20 heavy (non-hydrogen) atoms. The summed E-state index contributed by atoms with van der Waals surface area (Å²) in [6.45, 7) is 2.55. The SMILES string of the molecule is CC1CC(C(=O)Nc2ccccc2CC(=O)O)CCO1. The van der Waals surface area contributed by atoms with Gasteiger partial charge in [0.15, 0.2) is 0 Å². The molecule has 0 bridgehead atoms. The Morgan fingerprint density at radius 1 is 1.40 bits per heavy atom. The molecule has 2 rings (SSSR count). The molecule has 1 aliphatic rings. The molecule has 0 aromatic heterocycles. The zero-order valence-electron chi connectivity index (χ0n) is 11.5. The highest BCUT2D eigenvalue weighted by molar-refractivity contribution is 5.94. The van der Waals surface area contributed by atoms with Crippen molar-refractivity contribution in [1.29, 1.82) is 0 Å². The van der Waals surface area contributed by atoms with Crippen molar-refractivity contribution in [2.24, 2.45) is 5.92 Å². The lowest BCUT2D eigenvalue weighted by molar-refractivity contribution is -0.136. The molecule has 5 nitrogen and oxygen atoms in total. The minimum atomic E-state index is -0.911. The van der Waals surface area contributed by atoms with Crippen molar-refractivity contribution in [3.8, 4) is 0 Å². The van der Waals surface area contributed by atoms with Crippen LogP contribution < -0.4 is 5.32 Å². The second kappa shape index (κ2) is 6.52. The van der Waals surface area contributed by atoms with Crippen molar-refractivity contribution in [3.63, 3.8) is 0 Å². The van der Waals surface area contributed by atoms with E-state index in [2.05, 4.69) is 5.32 Å². The molecule has 1 amide bonds. The lowest BCUT2D eigenvalue weighted by Crippen LogP contribution is -2.32. The number of carbonyl (C=O) groups excluding carboxylic acids is 1. The van der Waals surface area contributed by atoms with Gasteiger partial charge in [-0.2, -0.15) is 0 Å². The Labute approximate surface area is 117 Å². The number of carbonyl (C=O) groups is 2. The van der Waals surface area contributed by atoms with Gasteiger partial charge in [0, 0.05) is 18.2 Å². The van der Waals surface area contributed by atoms with Crippen LogP contribution in [0.5, 0.6) is 0 Å². The normalized spacial score (nSPS) is 22.2. The Morgan fingerprint density at radius 2 is 2.15 bits per heavy atom. The first-order chi connectivity index (χ1) is 9.56. The van der Waals surface area contributed by atoms with Crippen LogP contribution in [0.4, 0.5) is 5.69 Å². The number of aliphatic carboxylic acids is 1. The number of para-hydroxylation sites is 1. The fourth-order valence-corrected chi connectivity index (χ4v) is 2.43. The van der Waals surface area contributed by atoms with Gasteiger partial charge >= 0.3 is 5.97 Å². The summed E-state index contributed by atoms with van der Waals surface area (Å²) in [7, 11) is 0. The van der Waals surface area contributed by atoms with Crippen LogP contribution in [0.15, 0.2) is 24.3 Å². The molecule has 1 heterocycles. The number of hydrogen-bond donors (Lipinski definition) is 2. The van der Waals surface area contributed by atoms with Crippen molar-refractivity contribution in [2.75, 3.05) is 11.9 Å². The second-order valence-corrected chi connectivity index (χ2v) is 5.12. The summed E-state index contributed by atoms with van der Waals surface area (Å²) in [6, 6.07) is 7.01. The van der Waals surface area contributed by atoms with Gasteiger partial charge in [-0.05, 0) is 31.4 Å². The fraction of sp³-hybridized carbons (Fsp3) is 0.467. The van der Waals surface area contributed by atoms with Gasteiger partial charge in [0.25, 0.3) is 0 Å². The molecule has 1 fully saturated rings. The van der Waals surface area contributed by atoms with Gasteiger partial charge in [0.05, 0.1) is 12.5 Å². The van der Waals surface area contributed by atoms with Gasteiger partial charge in [-0.15, -0.1) is 0 Å². The molecule has 1 aliphatic heterocycles. The van der Waals surface area contributed by atoms with E-state index in [-0.39, 0.29) is 24.3 Å². The van der Waals surface area contributed by atoms with Crippen LogP contribution in [0, 0.1) is 5.92 Å². The average molecular weight is 277 g/mol. The predicted molar refractivity (Wildman–Crippen MR) is 74.5 cm³/mol. The Bertz CT molecular complexity index is 500. The van der Waals surface area contributed by atoms with Gasteiger partial charge in [0.1, 0.15) is 0 Å². The van der Waals surface area contributed by atoms with Crippen molar-refractivity contribution in [2.45, 2.75) is 32.3 Å². The van der Waals surface area contributed by atoms with E-state index in [0.717, 1.165) is 0 Å². The molecule has 108 valence electrons. The molecule has 1 aromatic rings. The molecule has 0 saturated carbocycles. The molecule has 5 heteroatoms. The molecule has 2 N–H and O–H groups in total.